The number of esters is 1. The van der Waals surface area contributed by atoms with Gasteiger partial charge in [-0.15, -0.1) is 22.7 Å². The van der Waals surface area contributed by atoms with Gasteiger partial charge in [0, 0.05) is 16.8 Å². The van der Waals surface area contributed by atoms with Crippen molar-refractivity contribution in [3.8, 4) is 0 Å². The summed E-state index contributed by atoms with van der Waals surface area (Å²) in [6.45, 7) is 5.24. The van der Waals surface area contributed by atoms with Gasteiger partial charge in [0.15, 0.2) is 6.10 Å². The van der Waals surface area contributed by atoms with Crippen molar-refractivity contribution in [3.63, 3.8) is 0 Å². The van der Waals surface area contributed by atoms with E-state index >= 15 is 0 Å². The maximum Gasteiger partial charge on any atom is 0.340 e. The Labute approximate surface area is 171 Å². The van der Waals surface area contributed by atoms with Gasteiger partial charge < -0.3 is 10.1 Å². The van der Waals surface area contributed by atoms with Crippen molar-refractivity contribution in [2.75, 3.05) is 5.32 Å². The summed E-state index contributed by atoms with van der Waals surface area (Å²) in [6.07, 6.45) is 0.844. The molecule has 0 aromatic carbocycles. The number of rotatable bonds is 6. The van der Waals surface area contributed by atoms with E-state index in [0.29, 0.717) is 17.0 Å². The lowest BCUT2D eigenvalue weighted by molar-refractivity contribution is -0.147. The number of aromatic nitrogens is 2. The molecular weight excluding hydrogens is 394 g/mol. The largest absolute Gasteiger partial charge is 0.449 e. The van der Waals surface area contributed by atoms with Crippen LogP contribution >= 0.6 is 22.7 Å². The van der Waals surface area contributed by atoms with Gasteiger partial charge in [0.2, 0.25) is 0 Å². The van der Waals surface area contributed by atoms with E-state index in [0.717, 1.165) is 15.4 Å². The summed E-state index contributed by atoms with van der Waals surface area (Å²) >= 11 is 2.98. The van der Waals surface area contributed by atoms with E-state index in [4.69, 9.17) is 4.74 Å². The molecule has 0 radical (unpaired) electrons. The van der Waals surface area contributed by atoms with Crippen molar-refractivity contribution in [3.05, 3.63) is 56.2 Å². The van der Waals surface area contributed by atoms with Crippen LogP contribution in [0.2, 0.25) is 0 Å². The summed E-state index contributed by atoms with van der Waals surface area (Å²) in [5.41, 5.74) is 2.62. The van der Waals surface area contributed by atoms with Crippen LogP contribution in [-0.2, 0) is 21.4 Å². The molecule has 0 aliphatic rings. The first-order valence-electron chi connectivity index (χ1n) is 8.68. The molecule has 0 saturated carbocycles. The highest BCUT2D eigenvalue weighted by Crippen LogP contribution is 2.26. The minimum Gasteiger partial charge on any atom is -0.449 e. The fourth-order valence-electron chi connectivity index (χ4n) is 2.64. The number of nitrogens with one attached hydrogen (secondary N) is 1. The predicted molar refractivity (Wildman–Crippen MR) is 113 cm³/mol. The molecule has 0 unspecified atom stereocenters. The molecule has 0 spiro atoms. The summed E-state index contributed by atoms with van der Waals surface area (Å²) in [5.74, 6) is -0.924. The lowest BCUT2D eigenvalue weighted by Gasteiger charge is -2.15. The van der Waals surface area contributed by atoms with Gasteiger partial charge in [-0.3, -0.25) is 9.48 Å². The maximum atomic E-state index is 12.8. The van der Waals surface area contributed by atoms with Crippen LogP contribution in [0.1, 0.15) is 28.1 Å². The summed E-state index contributed by atoms with van der Waals surface area (Å²) in [5, 5.41) is 10.9. The van der Waals surface area contributed by atoms with Crippen molar-refractivity contribution < 1.29 is 14.3 Å². The molecule has 28 heavy (non-hydrogen) atoms. The number of carbonyl (C=O) groups is 2. The van der Waals surface area contributed by atoms with Gasteiger partial charge in [-0.25, -0.2) is 4.79 Å². The molecule has 0 saturated heterocycles. The number of amides is 1. The van der Waals surface area contributed by atoms with Crippen LogP contribution in [0.15, 0.2) is 35.0 Å². The average Bonchev–Trinajstić information content (AvgIpc) is 3.39. The van der Waals surface area contributed by atoms with E-state index in [1.807, 2.05) is 55.9 Å². The molecule has 8 heteroatoms. The van der Waals surface area contributed by atoms with E-state index < -0.39 is 18.0 Å². The molecule has 3 rings (SSSR count). The van der Waals surface area contributed by atoms with Crippen LogP contribution < -0.4 is 5.32 Å². The molecule has 6 nitrogen and oxygen atoms in total. The second kappa shape index (κ2) is 8.53. The Bertz CT molecular complexity index is 1000. The van der Waals surface area contributed by atoms with Gasteiger partial charge in [0.1, 0.15) is 0 Å². The highest BCUT2D eigenvalue weighted by Gasteiger charge is 2.24. The van der Waals surface area contributed by atoms with Crippen LogP contribution in [0.4, 0.5) is 5.69 Å². The SMILES string of the molecule is Cc1nn(C)c(C)c1NC(=O)[C@H](C)OC(=O)/C(=C/c1cccs1)c1cccs1. The Balaban J connectivity index is 1.75. The lowest BCUT2D eigenvalue weighted by atomic mass is 10.2. The first-order chi connectivity index (χ1) is 13.4. The van der Waals surface area contributed by atoms with Crippen LogP contribution in [0.5, 0.6) is 0 Å². The Morgan fingerprint density at radius 3 is 2.50 bits per heavy atom. The molecular formula is C20H21N3O3S2. The standard InChI is InChI=1S/C20H21N3O3S2/c1-12-18(13(2)23(4)22-12)21-19(24)14(3)26-20(25)16(17-8-6-10-28-17)11-15-7-5-9-27-15/h5-11,14H,1-4H3,(H,21,24)/b16-11+/t14-/m0/s1. The highest BCUT2D eigenvalue weighted by molar-refractivity contribution is 7.12. The van der Waals surface area contributed by atoms with Gasteiger partial charge in [0.05, 0.1) is 22.6 Å². The molecule has 3 aromatic heterocycles. The van der Waals surface area contributed by atoms with Gasteiger partial charge in [-0.1, -0.05) is 12.1 Å². The molecule has 0 bridgehead atoms. The zero-order valence-corrected chi connectivity index (χ0v) is 17.7. The second-order valence-electron chi connectivity index (χ2n) is 6.26. The van der Waals surface area contributed by atoms with E-state index in [9.17, 15) is 9.59 Å². The van der Waals surface area contributed by atoms with E-state index in [-0.39, 0.29) is 0 Å². The van der Waals surface area contributed by atoms with Crippen LogP contribution in [-0.4, -0.2) is 27.8 Å². The quantitative estimate of drug-likeness (QED) is 0.482. The van der Waals surface area contributed by atoms with Crippen molar-refractivity contribution in [2.24, 2.45) is 7.05 Å². The summed E-state index contributed by atoms with van der Waals surface area (Å²) < 4.78 is 7.17. The number of thiophene rings is 2. The van der Waals surface area contributed by atoms with E-state index in [2.05, 4.69) is 10.4 Å². The molecule has 0 aliphatic carbocycles. The van der Waals surface area contributed by atoms with Crippen molar-refractivity contribution >= 4 is 51.9 Å². The number of anilines is 1. The van der Waals surface area contributed by atoms with Crippen molar-refractivity contribution in [2.45, 2.75) is 26.9 Å². The molecule has 1 N–H and O–H groups in total. The Kier molecular flexibility index (Phi) is 6.11. The van der Waals surface area contributed by atoms with E-state index in [1.54, 1.807) is 17.7 Å². The zero-order valence-electron chi connectivity index (χ0n) is 16.1. The Hall–Kier alpha value is -2.71. The molecule has 3 aromatic rings. The molecule has 146 valence electrons. The van der Waals surface area contributed by atoms with Gasteiger partial charge >= 0.3 is 5.97 Å². The molecule has 0 aliphatic heterocycles. The van der Waals surface area contributed by atoms with Crippen LogP contribution in [0.25, 0.3) is 11.6 Å². The Morgan fingerprint density at radius 1 is 1.21 bits per heavy atom. The molecule has 1 amide bonds. The number of aryl methyl sites for hydroxylation is 2. The molecule has 3 heterocycles. The average molecular weight is 416 g/mol. The fourth-order valence-corrected chi connectivity index (χ4v) is 4.02. The number of hydrogen-bond acceptors (Lipinski definition) is 6. The smallest absolute Gasteiger partial charge is 0.340 e. The monoisotopic (exact) mass is 415 g/mol. The third-order valence-corrected chi connectivity index (χ3v) is 5.97. The fraction of sp³-hybridized carbons (Fsp3) is 0.250. The zero-order chi connectivity index (χ0) is 20.3. The van der Waals surface area contributed by atoms with Crippen molar-refractivity contribution in [1.29, 1.82) is 0 Å². The number of hydrogen-bond donors (Lipinski definition) is 1. The molecule has 1 atom stereocenters. The van der Waals surface area contributed by atoms with Gasteiger partial charge in [-0.2, -0.15) is 5.10 Å². The minimum absolute atomic E-state index is 0.394. The first kappa shape index (κ1) is 20.0. The highest BCUT2D eigenvalue weighted by atomic mass is 32.1. The number of carbonyl (C=O) groups excluding carboxylic acids is 2. The summed E-state index contributed by atoms with van der Waals surface area (Å²) in [4.78, 5) is 27.1. The summed E-state index contributed by atoms with van der Waals surface area (Å²) in [6, 6.07) is 7.58. The molecule has 0 fully saturated rings. The minimum atomic E-state index is -0.946. The third kappa shape index (κ3) is 4.40. The maximum absolute atomic E-state index is 12.8. The number of nitrogens with zero attached hydrogens (tertiary/aromatic N) is 2. The van der Waals surface area contributed by atoms with Crippen LogP contribution in [0.3, 0.4) is 0 Å². The van der Waals surface area contributed by atoms with Crippen LogP contribution in [0, 0.1) is 13.8 Å². The topological polar surface area (TPSA) is 73.2 Å². The first-order valence-corrected chi connectivity index (χ1v) is 10.4. The second-order valence-corrected chi connectivity index (χ2v) is 8.18. The van der Waals surface area contributed by atoms with E-state index in [1.165, 1.54) is 22.7 Å². The van der Waals surface area contributed by atoms with Gasteiger partial charge in [0.25, 0.3) is 5.91 Å². The predicted octanol–water partition coefficient (Wildman–Crippen LogP) is 4.27. The Morgan fingerprint density at radius 2 is 1.93 bits per heavy atom. The van der Waals surface area contributed by atoms with Crippen molar-refractivity contribution in [1.82, 2.24) is 9.78 Å². The number of ether oxygens (including phenoxy) is 1. The normalized spacial score (nSPS) is 12.6. The van der Waals surface area contributed by atoms with Gasteiger partial charge in [-0.05, 0) is 49.7 Å². The third-order valence-electron chi connectivity index (χ3n) is 4.25. The summed E-state index contributed by atoms with van der Waals surface area (Å²) in [7, 11) is 1.81. The lowest BCUT2D eigenvalue weighted by Crippen LogP contribution is -2.30.